The van der Waals surface area contributed by atoms with E-state index in [1.165, 1.54) is 0 Å². The van der Waals surface area contributed by atoms with Gasteiger partial charge in [0.15, 0.2) is 5.78 Å². The Morgan fingerprint density at radius 2 is 1.97 bits per heavy atom. The zero-order valence-corrected chi connectivity index (χ0v) is 19.6. The number of rotatable bonds is 5. The first-order valence-electron chi connectivity index (χ1n) is 10.9. The molecule has 0 unspecified atom stereocenters. The quantitative estimate of drug-likeness (QED) is 0.709. The van der Waals surface area contributed by atoms with Gasteiger partial charge in [-0.1, -0.05) is 19.9 Å². The lowest BCUT2D eigenvalue weighted by Gasteiger charge is -2.40. The molecule has 7 nitrogen and oxygen atoms in total. The molecule has 1 amide bonds. The number of benzene rings is 1. The van der Waals surface area contributed by atoms with Crippen molar-refractivity contribution < 1.29 is 19.1 Å². The number of Topliss-reactive ketones (excluding diaryl/α,β-unsaturated/α-hetero) is 1. The zero-order chi connectivity index (χ0) is 23.8. The van der Waals surface area contributed by atoms with Crippen molar-refractivity contribution in [1.82, 2.24) is 10.3 Å². The van der Waals surface area contributed by atoms with Crippen LogP contribution in [0.3, 0.4) is 0 Å². The van der Waals surface area contributed by atoms with Gasteiger partial charge in [-0.05, 0) is 37.0 Å². The number of ketones is 1. The highest BCUT2D eigenvalue weighted by atomic mass is 16.5. The molecule has 0 spiro atoms. The number of allylic oxidation sites excluding steroid dienone is 3. The first kappa shape index (κ1) is 22.6. The molecule has 2 aromatic rings. The smallest absolute Gasteiger partial charge is 0.254 e. The normalized spacial score (nSPS) is 19.5. The molecular formula is C26H29N3O4. The van der Waals surface area contributed by atoms with E-state index >= 15 is 0 Å². The van der Waals surface area contributed by atoms with Crippen LogP contribution in [0.1, 0.15) is 45.1 Å². The molecule has 0 saturated heterocycles. The van der Waals surface area contributed by atoms with E-state index in [2.05, 4.69) is 29.5 Å². The Balaban J connectivity index is 1.87. The van der Waals surface area contributed by atoms with E-state index in [1.807, 2.05) is 19.1 Å². The van der Waals surface area contributed by atoms with Gasteiger partial charge in [0.05, 0.1) is 32.0 Å². The van der Waals surface area contributed by atoms with Gasteiger partial charge in [0, 0.05) is 46.8 Å². The van der Waals surface area contributed by atoms with Crippen molar-refractivity contribution in [2.24, 2.45) is 5.41 Å². The lowest BCUT2D eigenvalue weighted by atomic mass is 9.68. The summed E-state index contributed by atoms with van der Waals surface area (Å²) in [4.78, 5) is 31.1. The predicted octanol–water partition coefficient (Wildman–Crippen LogP) is 4.34. The van der Waals surface area contributed by atoms with Gasteiger partial charge < -0.3 is 20.1 Å². The summed E-state index contributed by atoms with van der Waals surface area (Å²) < 4.78 is 11.0. The number of methoxy groups -OCH3 is 2. The van der Waals surface area contributed by atoms with Crippen molar-refractivity contribution in [3.05, 3.63) is 70.8 Å². The third-order valence-electron chi connectivity index (χ3n) is 6.16. The highest BCUT2D eigenvalue weighted by Gasteiger charge is 2.43. The number of ether oxygens (including phenoxy) is 2. The summed E-state index contributed by atoms with van der Waals surface area (Å²) in [5.41, 5.74) is 3.86. The number of amides is 1. The molecule has 1 atom stereocenters. The van der Waals surface area contributed by atoms with Crippen molar-refractivity contribution in [3.8, 4) is 11.5 Å². The first-order valence-corrected chi connectivity index (χ1v) is 10.9. The SMILES string of the molecule is COc1ccc([C@H]2C(C(=O)Nc3cccnc3)=C(C)NC3=C2C(=O)CC(C)(C)C3)c(OC)c1. The van der Waals surface area contributed by atoms with E-state index in [-0.39, 0.29) is 17.1 Å². The van der Waals surface area contributed by atoms with E-state index in [0.717, 1.165) is 17.7 Å². The van der Waals surface area contributed by atoms with Gasteiger partial charge in [-0.2, -0.15) is 0 Å². The second-order valence-corrected chi connectivity index (χ2v) is 9.23. The number of anilines is 1. The first-order chi connectivity index (χ1) is 15.7. The highest BCUT2D eigenvalue weighted by molar-refractivity contribution is 6.10. The number of carbonyl (C=O) groups is 2. The summed E-state index contributed by atoms with van der Waals surface area (Å²) in [6.07, 6.45) is 4.37. The minimum absolute atomic E-state index is 0.0378. The van der Waals surface area contributed by atoms with Crippen molar-refractivity contribution >= 4 is 17.4 Å². The molecule has 2 aliphatic rings. The van der Waals surface area contributed by atoms with Crippen LogP contribution >= 0.6 is 0 Å². The van der Waals surface area contributed by atoms with E-state index in [9.17, 15) is 9.59 Å². The molecule has 1 aromatic heterocycles. The molecule has 1 aromatic carbocycles. The van der Waals surface area contributed by atoms with Crippen LogP contribution in [0.5, 0.6) is 11.5 Å². The van der Waals surface area contributed by atoms with E-state index in [0.29, 0.717) is 40.5 Å². The average Bonchev–Trinajstić information content (AvgIpc) is 2.77. The lowest BCUT2D eigenvalue weighted by Crippen LogP contribution is -2.39. The number of hydrogen-bond acceptors (Lipinski definition) is 6. The van der Waals surface area contributed by atoms with Crippen LogP contribution in [-0.4, -0.2) is 30.9 Å². The Kier molecular flexibility index (Phi) is 5.97. The third-order valence-corrected chi connectivity index (χ3v) is 6.16. The van der Waals surface area contributed by atoms with Crippen molar-refractivity contribution in [3.63, 3.8) is 0 Å². The number of nitrogens with one attached hydrogen (secondary N) is 2. The van der Waals surface area contributed by atoms with Gasteiger partial charge in [-0.3, -0.25) is 14.6 Å². The number of pyridine rings is 1. The summed E-state index contributed by atoms with van der Waals surface area (Å²) in [6, 6.07) is 9.01. The van der Waals surface area contributed by atoms with E-state index in [1.54, 1.807) is 44.8 Å². The van der Waals surface area contributed by atoms with Gasteiger partial charge in [0.1, 0.15) is 11.5 Å². The minimum Gasteiger partial charge on any atom is -0.497 e. The van der Waals surface area contributed by atoms with Crippen LogP contribution < -0.4 is 20.1 Å². The summed E-state index contributed by atoms with van der Waals surface area (Å²) >= 11 is 0. The predicted molar refractivity (Wildman–Crippen MR) is 126 cm³/mol. The number of hydrogen-bond donors (Lipinski definition) is 2. The monoisotopic (exact) mass is 447 g/mol. The second-order valence-electron chi connectivity index (χ2n) is 9.23. The van der Waals surface area contributed by atoms with Gasteiger partial charge in [0.25, 0.3) is 5.91 Å². The Morgan fingerprint density at radius 1 is 1.18 bits per heavy atom. The van der Waals surface area contributed by atoms with Gasteiger partial charge in [-0.15, -0.1) is 0 Å². The molecule has 0 radical (unpaired) electrons. The van der Waals surface area contributed by atoms with Crippen molar-refractivity contribution in [2.75, 3.05) is 19.5 Å². The summed E-state index contributed by atoms with van der Waals surface area (Å²) in [5.74, 6) is 0.375. The van der Waals surface area contributed by atoms with Crippen LogP contribution in [0.15, 0.2) is 65.3 Å². The fourth-order valence-electron chi connectivity index (χ4n) is 4.74. The average molecular weight is 448 g/mol. The highest BCUT2D eigenvalue weighted by Crippen LogP contribution is 2.49. The molecule has 1 aliphatic heterocycles. The summed E-state index contributed by atoms with van der Waals surface area (Å²) in [6.45, 7) is 6.04. The van der Waals surface area contributed by atoms with Gasteiger partial charge in [-0.25, -0.2) is 0 Å². The molecule has 0 bridgehead atoms. The number of nitrogens with zero attached hydrogens (tertiary/aromatic N) is 1. The van der Waals surface area contributed by atoms with E-state index in [4.69, 9.17) is 9.47 Å². The van der Waals surface area contributed by atoms with Crippen LogP contribution in [0.2, 0.25) is 0 Å². The topological polar surface area (TPSA) is 89.5 Å². The summed E-state index contributed by atoms with van der Waals surface area (Å²) in [5, 5.41) is 6.31. The Labute approximate surface area is 193 Å². The Bertz CT molecular complexity index is 1170. The molecular weight excluding hydrogens is 418 g/mol. The molecule has 0 saturated carbocycles. The van der Waals surface area contributed by atoms with Crippen LogP contribution in [-0.2, 0) is 9.59 Å². The standard InChI is InChI=1S/C26H29N3O4/c1-15-22(25(31)29-16-7-6-10-27-14-16)23(18-9-8-17(32-4)11-21(18)33-5)24-19(28-15)12-26(2,3)13-20(24)30/h6-11,14,23,28H,12-13H2,1-5H3,(H,29,31)/t23-/m0/s1. The van der Waals surface area contributed by atoms with Gasteiger partial charge in [0.2, 0.25) is 0 Å². The molecule has 0 fully saturated rings. The van der Waals surface area contributed by atoms with Crippen LogP contribution in [0.4, 0.5) is 5.69 Å². The molecule has 2 heterocycles. The maximum absolute atomic E-state index is 13.6. The maximum Gasteiger partial charge on any atom is 0.254 e. The Hall–Kier alpha value is -3.61. The summed E-state index contributed by atoms with van der Waals surface area (Å²) in [7, 11) is 3.16. The van der Waals surface area contributed by atoms with Crippen LogP contribution in [0, 0.1) is 5.41 Å². The minimum atomic E-state index is -0.567. The molecule has 33 heavy (non-hydrogen) atoms. The molecule has 7 heteroatoms. The van der Waals surface area contributed by atoms with Crippen molar-refractivity contribution in [2.45, 2.75) is 39.5 Å². The Morgan fingerprint density at radius 3 is 2.64 bits per heavy atom. The fourth-order valence-corrected chi connectivity index (χ4v) is 4.74. The maximum atomic E-state index is 13.6. The number of dihydropyridines is 1. The van der Waals surface area contributed by atoms with E-state index < -0.39 is 5.92 Å². The largest absolute Gasteiger partial charge is 0.497 e. The molecule has 172 valence electrons. The molecule has 4 rings (SSSR count). The zero-order valence-electron chi connectivity index (χ0n) is 19.6. The fraction of sp³-hybridized carbons (Fsp3) is 0.346. The van der Waals surface area contributed by atoms with Crippen molar-refractivity contribution in [1.29, 1.82) is 0 Å². The second kappa shape index (κ2) is 8.73. The number of carbonyl (C=O) groups excluding carboxylic acids is 2. The number of aromatic nitrogens is 1. The third kappa shape index (κ3) is 4.35. The lowest BCUT2D eigenvalue weighted by molar-refractivity contribution is -0.118. The van der Waals surface area contributed by atoms with Gasteiger partial charge >= 0.3 is 0 Å². The molecule has 1 aliphatic carbocycles. The van der Waals surface area contributed by atoms with Crippen LogP contribution in [0.25, 0.3) is 0 Å². The molecule has 2 N–H and O–H groups in total.